The quantitative estimate of drug-likeness (QED) is 0.637. The van der Waals surface area contributed by atoms with Crippen LogP contribution in [0.15, 0.2) is 34.6 Å². The highest BCUT2D eigenvalue weighted by molar-refractivity contribution is 7.80. The van der Waals surface area contributed by atoms with Crippen molar-refractivity contribution >= 4 is 36.9 Å². The Balaban J connectivity index is 2.27. The summed E-state index contributed by atoms with van der Waals surface area (Å²) in [6.45, 7) is 0.318. The van der Waals surface area contributed by atoms with Crippen LogP contribution in [0.2, 0.25) is 0 Å². The molecule has 19 heavy (non-hydrogen) atoms. The number of carbonyl (C=O) groups excluding carboxylic acids is 1. The summed E-state index contributed by atoms with van der Waals surface area (Å²) >= 11 is 8.41. The van der Waals surface area contributed by atoms with Crippen molar-refractivity contribution in [2.75, 3.05) is 11.9 Å². The first-order valence-corrected chi connectivity index (χ1v) is 6.45. The highest BCUT2D eigenvalue weighted by Gasteiger charge is 2.09. The number of nitrogens with two attached hydrogens (primary N) is 1. The lowest BCUT2D eigenvalue weighted by atomic mass is 10.2. The number of anilines is 1. The van der Waals surface area contributed by atoms with Crippen LogP contribution in [0.5, 0.6) is 0 Å². The van der Waals surface area contributed by atoms with E-state index >= 15 is 0 Å². The van der Waals surface area contributed by atoms with Crippen LogP contribution in [0.3, 0.4) is 0 Å². The zero-order valence-corrected chi connectivity index (χ0v) is 11.7. The number of carbonyl (C=O) groups is 1. The summed E-state index contributed by atoms with van der Waals surface area (Å²) < 4.78 is 1.66. The van der Waals surface area contributed by atoms with Crippen LogP contribution in [0.25, 0.3) is 5.69 Å². The average molecular weight is 295 g/mol. The maximum atomic E-state index is 11.5. The van der Waals surface area contributed by atoms with Crippen molar-refractivity contribution in [2.24, 2.45) is 5.73 Å². The Kier molecular flexibility index (Phi) is 4.46. The molecule has 0 spiro atoms. The fourth-order valence-corrected chi connectivity index (χ4v) is 2.17. The van der Waals surface area contributed by atoms with E-state index in [0.717, 1.165) is 5.69 Å². The zero-order chi connectivity index (χ0) is 13.8. The third kappa shape index (κ3) is 3.28. The summed E-state index contributed by atoms with van der Waals surface area (Å²) in [6.07, 6.45) is 0.284. The van der Waals surface area contributed by atoms with Gasteiger partial charge in [0, 0.05) is 18.7 Å². The summed E-state index contributed by atoms with van der Waals surface area (Å²) in [5.41, 5.74) is 6.77. The molecular formula is C11H13N5OS2. The van der Waals surface area contributed by atoms with Crippen molar-refractivity contribution in [1.82, 2.24) is 14.8 Å². The van der Waals surface area contributed by atoms with E-state index in [1.807, 2.05) is 12.1 Å². The number of rotatable bonds is 4. The Morgan fingerprint density at radius 1 is 1.32 bits per heavy atom. The second-order valence-electron chi connectivity index (χ2n) is 3.77. The monoisotopic (exact) mass is 295 g/mol. The predicted octanol–water partition coefficient (Wildman–Crippen LogP) is 1.13. The van der Waals surface area contributed by atoms with Gasteiger partial charge in [-0.2, -0.15) is 0 Å². The Labute approximate surface area is 121 Å². The predicted molar refractivity (Wildman–Crippen MR) is 78.2 cm³/mol. The number of nitrogens with one attached hydrogen (secondary N) is 1. The normalized spacial score (nSPS) is 10.5. The van der Waals surface area contributed by atoms with Gasteiger partial charge in [0.2, 0.25) is 5.91 Å². The standard InChI is InChI=1S/C11H13N5OS2/c12-5-4-9(17)13-7-2-1-3-8(6-7)16-10(18)14-15-11(16)19/h1-3,6H,4-5,12H2,(H,13,17)(H,14,18)(H,15,19). The summed E-state index contributed by atoms with van der Waals surface area (Å²) in [6, 6.07) is 7.24. The van der Waals surface area contributed by atoms with Gasteiger partial charge in [-0.25, -0.2) is 0 Å². The van der Waals surface area contributed by atoms with E-state index in [9.17, 15) is 4.79 Å². The fraction of sp³-hybridized carbons (Fsp3) is 0.182. The van der Waals surface area contributed by atoms with Gasteiger partial charge in [0.1, 0.15) is 0 Å². The lowest BCUT2D eigenvalue weighted by Gasteiger charge is -2.09. The van der Waals surface area contributed by atoms with Crippen molar-refractivity contribution in [1.29, 1.82) is 0 Å². The number of nitrogens with zero attached hydrogens (tertiary/aromatic N) is 3. The highest BCUT2D eigenvalue weighted by Crippen LogP contribution is 2.21. The number of hydrogen-bond donors (Lipinski definition) is 4. The molecule has 3 N–H and O–H groups in total. The van der Waals surface area contributed by atoms with Gasteiger partial charge in [-0.05, 0) is 18.2 Å². The summed E-state index contributed by atoms with van der Waals surface area (Å²) in [4.78, 5) is 11.5. The van der Waals surface area contributed by atoms with Crippen molar-refractivity contribution in [3.63, 3.8) is 0 Å². The summed E-state index contributed by atoms with van der Waals surface area (Å²) in [5, 5.41) is 11.2. The molecule has 0 aliphatic rings. The number of aromatic nitrogens is 3. The SMILES string of the molecule is NCCC(=O)Nc1cccc(-n2c(S)nnc2S)c1. The van der Waals surface area contributed by atoms with Gasteiger partial charge in [0.25, 0.3) is 0 Å². The molecule has 100 valence electrons. The minimum Gasteiger partial charge on any atom is -0.330 e. The molecule has 0 fully saturated rings. The van der Waals surface area contributed by atoms with Gasteiger partial charge in [-0.1, -0.05) is 6.07 Å². The second-order valence-corrected chi connectivity index (χ2v) is 4.57. The minimum absolute atomic E-state index is 0.124. The number of thiol groups is 2. The molecule has 2 aromatic rings. The molecule has 2 rings (SSSR count). The molecule has 1 heterocycles. The maximum Gasteiger partial charge on any atom is 0.225 e. The third-order valence-electron chi connectivity index (χ3n) is 2.39. The van der Waals surface area contributed by atoms with E-state index < -0.39 is 0 Å². The van der Waals surface area contributed by atoms with E-state index in [0.29, 0.717) is 22.5 Å². The number of benzene rings is 1. The second kappa shape index (κ2) is 6.09. The molecule has 6 nitrogen and oxygen atoms in total. The third-order valence-corrected chi connectivity index (χ3v) is 2.97. The first kappa shape index (κ1) is 13.9. The Morgan fingerprint density at radius 2 is 2.00 bits per heavy atom. The topological polar surface area (TPSA) is 85.8 Å². The Hall–Kier alpha value is -1.51. The van der Waals surface area contributed by atoms with Crippen LogP contribution in [-0.2, 0) is 4.79 Å². The lowest BCUT2D eigenvalue weighted by molar-refractivity contribution is -0.116. The van der Waals surface area contributed by atoms with E-state index in [4.69, 9.17) is 5.73 Å². The molecule has 8 heteroatoms. The van der Waals surface area contributed by atoms with Crippen molar-refractivity contribution in [3.8, 4) is 5.69 Å². The first-order valence-electron chi connectivity index (χ1n) is 5.55. The molecule has 0 radical (unpaired) electrons. The molecule has 0 aliphatic heterocycles. The van der Waals surface area contributed by atoms with E-state index in [1.54, 1.807) is 16.7 Å². The highest BCUT2D eigenvalue weighted by atomic mass is 32.1. The maximum absolute atomic E-state index is 11.5. The zero-order valence-electron chi connectivity index (χ0n) is 9.95. The Bertz CT molecular complexity index is 579. The van der Waals surface area contributed by atoms with Gasteiger partial charge in [0.15, 0.2) is 10.3 Å². The molecule has 0 bridgehead atoms. The molecule has 0 atom stereocenters. The van der Waals surface area contributed by atoms with Crippen LogP contribution >= 0.6 is 25.3 Å². The smallest absolute Gasteiger partial charge is 0.225 e. The van der Waals surface area contributed by atoms with Crippen LogP contribution in [-0.4, -0.2) is 27.2 Å². The molecule has 1 aromatic carbocycles. The van der Waals surface area contributed by atoms with Gasteiger partial charge in [-0.15, -0.1) is 35.5 Å². The fourth-order valence-electron chi connectivity index (χ4n) is 1.58. The van der Waals surface area contributed by atoms with Crippen LogP contribution in [0.4, 0.5) is 5.69 Å². The number of amides is 1. The van der Waals surface area contributed by atoms with E-state index in [-0.39, 0.29) is 12.3 Å². The summed E-state index contributed by atoms with van der Waals surface area (Å²) in [5.74, 6) is -0.124. The van der Waals surface area contributed by atoms with E-state index in [2.05, 4.69) is 40.8 Å². The van der Waals surface area contributed by atoms with Crippen molar-refractivity contribution in [3.05, 3.63) is 24.3 Å². The molecule has 0 aliphatic carbocycles. The van der Waals surface area contributed by atoms with Gasteiger partial charge in [0.05, 0.1) is 5.69 Å². The van der Waals surface area contributed by atoms with E-state index in [1.165, 1.54) is 0 Å². The largest absolute Gasteiger partial charge is 0.330 e. The van der Waals surface area contributed by atoms with Crippen LogP contribution in [0, 0.1) is 0 Å². The average Bonchev–Trinajstić information content (AvgIpc) is 2.69. The van der Waals surface area contributed by atoms with Crippen LogP contribution < -0.4 is 11.1 Å². The first-order chi connectivity index (χ1) is 9.11. The van der Waals surface area contributed by atoms with Crippen molar-refractivity contribution < 1.29 is 4.79 Å². The summed E-state index contributed by atoms with van der Waals surface area (Å²) in [7, 11) is 0. The Morgan fingerprint density at radius 3 is 2.63 bits per heavy atom. The van der Waals surface area contributed by atoms with Gasteiger partial charge >= 0.3 is 0 Å². The molecule has 1 aromatic heterocycles. The molecule has 0 saturated carbocycles. The molecule has 0 unspecified atom stereocenters. The minimum atomic E-state index is -0.124. The molecule has 1 amide bonds. The van der Waals surface area contributed by atoms with Gasteiger partial charge < -0.3 is 11.1 Å². The van der Waals surface area contributed by atoms with Crippen molar-refractivity contribution in [2.45, 2.75) is 16.7 Å². The lowest BCUT2D eigenvalue weighted by Crippen LogP contribution is -2.16. The van der Waals surface area contributed by atoms with Crippen LogP contribution in [0.1, 0.15) is 6.42 Å². The molecular weight excluding hydrogens is 282 g/mol. The number of hydrogen-bond acceptors (Lipinski definition) is 6. The van der Waals surface area contributed by atoms with Gasteiger partial charge in [-0.3, -0.25) is 9.36 Å². The molecule has 0 saturated heterocycles.